The van der Waals surface area contributed by atoms with Gasteiger partial charge in [0.1, 0.15) is 0 Å². The summed E-state index contributed by atoms with van der Waals surface area (Å²) in [5, 5.41) is 2.95. The van der Waals surface area contributed by atoms with Gasteiger partial charge in [-0.15, -0.1) is 11.6 Å². The number of rotatable bonds is 5. The molecule has 0 aromatic carbocycles. The third-order valence-corrected chi connectivity index (χ3v) is 4.38. The van der Waals surface area contributed by atoms with Crippen molar-refractivity contribution in [1.82, 2.24) is 10.2 Å². The van der Waals surface area contributed by atoms with Crippen LogP contribution in [0.1, 0.15) is 13.8 Å². The van der Waals surface area contributed by atoms with Gasteiger partial charge in [0.05, 0.1) is 5.41 Å². The molecule has 3 nitrogen and oxygen atoms in total. The minimum absolute atomic E-state index is 0.0499. The Morgan fingerprint density at radius 2 is 2.06 bits per heavy atom. The maximum absolute atomic E-state index is 11.7. The van der Waals surface area contributed by atoms with Crippen molar-refractivity contribution in [2.45, 2.75) is 13.8 Å². The molecule has 0 saturated carbocycles. The van der Waals surface area contributed by atoms with Gasteiger partial charge in [0.15, 0.2) is 0 Å². The van der Waals surface area contributed by atoms with Crippen LogP contribution in [-0.2, 0) is 4.79 Å². The number of carbonyl (C=O) groups is 1. The van der Waals surface area contributed by atoms with Gasteiger partial charge in [-0.25, -0.2) is 0 Å². The topological polar surface area (TPSA) is 32.3 Å². The smallest absolute Gasteiger partial charge is 0.226 e. The molecule has 1 aliphatic heterocycles. The molecule has 5 heteroatoms. The summed E-state index contributed by atoms with van der Waals surface area (Å²) in [6.45, 7) is 7.69. The first kappa shape index (κ1) is 14.1. The lowest BCUT2D eigenvalue weighted by Crippen LogP contribution is -2.43. The third kappa shape index (κ3) is 4.52. The van der Waals surface area contributed by atoms with Crippen LogP contribution in [0, 0.1) is 5.41 Å². The van der Waals surface area contributed by atoms with Gasteiger partial charge in [0.2, 0.25) is 5.91 Å². The molecule has 0 unspecified atom stereocenters. The Morgan fingerprint density at radius 3 is 2.62 bits per heavy atom. The Hall–Kier alpha value is 0.0700. The lowest BCUT2D eigenvalue weighted by Gasteiger charge is -2.27. The predicted molar refractivity (Wildman–Crippen MR) is 71.3 cm³/mol. The van der Waals surface area contributed by atoms with Gasteiger partial charge in [-0.05, 0) is 13.8 Å². The normalized spacial score (nSPS) is 18.4. The quantitative estimate of drug-likeness (QED) is 0.763. The van der Waals surface area contributed by atoms with Crippen molar-refractivity contribution in [2.75, 3.05) is 43.6 Å². The maximum Gasteiger partial charge on any atom is 0.226 e. The molecule has 0 atom stereocenters. The summed E-state index contributed by atoms with van der Waals surface area (Å²) in [6, 6.07) is 0. The fraction of sp³-hybridized carbons (Fsp3) is 0.909. The van der Waals surface area contributed by atoms with E-state index in [0.717, 1.165) is 26.2 Å². The van der Waals surface area contributed by atoms with Crippen LogP contribution in [-0.4, -0.2) is 54.4 Å². The number of nitrogens with one attached hydrogen (secondary N) is 1. The van der Waals surface area contributed by atoms with E-state index in [1.807, 2.05) is 25.6 Å². The van der Waals surface area contributed by atoms with Crippen molar-refractivity contribution in [3.8, 4) is 0 Å². The summed E-state index contributed by atoms with van der Waals surface area (Å²) >= 11 is 7.74. The summed E-state index contributed by atoms with van der Waals surface area (Å²) in [7, 11) is 0. The molecule has 0 aromatic rings. The molecule has 16 heavy (non-hydrogen) atoms. The number of nitrogens with zero attached hydrogens (tertiary/aromatic N) is 1. The molecule has 1 rings (SSSR count). The van der Waals surface area contributed by atoms with Gasteiger partial charge in [0, 0.05) is 43.6 Å². The lowest BCUT2D eigenvalue weighted by atomic mass is 9.95. The molecular weight excluding hydrogens is 244 g/mol. The van der Waals surface area contributed by atoms with Crippen LogP contribution < -0.4 is 5.32 Å². The van der Waals surface area contributed by atoms with E-state index >= 15 is 0 Å². The van der Waals surface area contributed by atoms with Gasteiger partial charge in [0.25, 0.3) is 0 Å². The number of carbonyl (C=O) groups excluding carboxylic acids is 1. The second-order valence-electron chi connectivity index (χ2n) is 4.73. The SMILES string of the molecule is CC(C)(CCl)C(=O)NCCN1CCSCC1. The highest BCUT2D eigenvalue weighted by Crippen LogP contribution is 2.16. The van der Waals surface area contributed by atoms with E-state index in [9.17, 15) is 4.79 Å². The lowest BCUT2D eigenvalue weighted by molar-refractivity contribution is -0.128. The fourth-order valence-electron chi connectivity index (χ4n) is 1.45. The summed E-state index contributed by atoms with van der Waals surface area (Å²) in [5.41, 5.74) is -0.459. The Bertz CT molecular complexity index is 230. The minimum atomic E-state index is -0.459. The van der Waals surface area contributed by atoms with Crippen molar-refractivity contribution < 1.29 is 4.79 Å². The van der Waals surface area contributed by atoms with E-state index in [-0.39, 0.29) is 5.91 Å². The van der Waals surface area contributed by atoms with Gasteiger partial charge in [-0.3, -0.25) is 9.69 Å². The molecule has 0 radical (unpaired) electrons. The Balaban J connectivity index is 2.17. The van der Waals surface area contributed by atoms with Gasteiger partial charge in [-0.1, -0.05) is 0 Å². The van der Waals surface area contributed by atoms with E-state index in [1.165, 1.54) is 11.5 Å². The first-order valence-corrected chi connectivity index (χ1v) is 7.39. The number of hydrogen-bond acceptors (Lipinski definition) is 3. The molecule has 1 aliphatic rings. The number of thioether (sulfide) groups is 1. The molecular formula is C11H21ClN2OS. The molecule has 1 saturated heterocycles. The van der Waals surface area contributed by atoms with Crippen LogP contribution in [0.25, 0.3) is 0 Å². The van der Waals surface area contributed by atoms with Crippen molar-refractivity contribution in [3.05, 3.63) is 0 Å². The second kappa shape index (κ2) is 6.72. The molecule has 94 valence electrons. The van der Waals surface area contributed by atoms with Crippen LogP contribution in [0.2, 0.25) is 0 Å². The van der Waals surface area contributed by atoms with Gasteiger partial charge in [-0.2, -0.15) is 11.8 Å². The monoisotopic (exact) mass is 264 g/mol. The highest BCUT2D eigenvalue weighted by atomic mass is 35.5. The number of amides is 1. The van der Waals surface area contributed by atoms with Gasteiger partial charge >= 0.3 is 0 Å². The van der Waals surface area contributed by atoms with E-state index in [0.29, 0.717) is 5.88 Å². The molecule has 0 bridgehead atoms. The van der Waals surface area contributed by atoms with E-state index in [4.69, 9.17) is 11.6 Å². The highest BCUT2D eigenvalue weighted by molar-refractivity contribution is 7.99. The molecule has 1 N–H and O–H groups in total. The zero-order chi connectivity index (χ0) is 12.0. The number of alkyl halides is 1. The minimum Gasteiger partial charge on any atom is -0.354 e. The third-order valence-electron chi connectivity index (χ3n) is 2.77. The Labute approximate surface area is 107 Å². The standard InChI is InChI=1S/C11H21ClN2OS/c1-11(2,9-12)10(15)13-3-4-14-5-7-16-8-6-14/h3-9H2,1-2H3,(H,13,15). The second-order valence-corrected chi connectivity index (χ2v) is 6.22. The van der Waals surface area contributed by atoms with E-state index in [1.54, 1.807) is 0 Å². The van der Waals surface area contributed by atoms with Crippen molar-refractivity contribution in [1.29, 1.82) is 0 Å². The molecule has 0 aromatic heterocycles. The van der Waals surface area contributed by atoms with Crippen LogP contribution in [0.15, 0.2) is 0 Å². The summed E-state index contributed by atoms with van der Waals surface area (Å²) in [6.07, 6.45) is 0. The molecule has 1 amide bonds. The number of hydrogen-bond donors (Lipinski definition) is 1. The molecule has 0 aliphatic carbocycles. The van der Waals surface area contributed by atoms with Crippen LogP contribution in [0.5, 0.6) is 0 Å². The first-order valence-electron chi connectivity index (χ1n) is 5.70. The average Bonchev–Trinajstić information content (AvgIpc) is 2.30. The van der Waals surface area contributed by atoms with Crippen molar-refractivity contribution in [3.63, 3.8) is 0 Å². The Kier molecular flexibility index (Phi) is 5.94. The Morgan fingerprint density at radius 1 is 1.44 bits per heavy atom. The summed E-state index contributed by atoms with van der Waals surface area (Å²) in [5.74, 6) is 2.83. The zero-order valence-corrected chi connectivity index (χ0v) is 11.7. The predicted octanol–water partition coefficient (Wildman–Crippen LogP) is 1.42. The van der Waals surface area contributed by atoms with Gasteiger partial charge < -0.3 is 5.32 Å². The van der Waals surface area contributed by atoms with E-state index in [2.05, 4.69) is 10.2 Å². The van der Waals surface area contributed by atoms with Crippen LogP contribution in [0.3, 0.4) is 0 Å². The van der Waals surface area contributed by atoms with Crippen molar-refractivity contribution >= 4 is 29.3 Å². The largest absolute Gasteiger partial charge is 0.354 e. The summed E-state index contributed by atoms with van der Waals surface area (Å²) < 4.78 is 0. The maximum atomic E-state index is 11.7. The van der Waals surface area contributed by atoms with E-state index < -0.39 is 5.41 Å². The summed E-state index contributed by atoms with van der Waals surface area (Å²) in [4.78, 5) is 14.1. The van der Waals surface area contributed by atoms with Crippen LogP contribution >= 0.6 is 23.4 Å². The number of halogens is 1. The highest BCUT2D eigenvalue weighted by Gasteiger charge is 2.26. The molecule has 0 spiro atoms. The van der Waals surface area contributed by atoms with Crippen molar-refractivity contribution in [2.24, 2.45) is 5.41 Å². The first-order chi connectivity index (χ1) is 7.56. The molecule has 1 heterocycles. The van der Waals surface area contributed by atoms with Crippen LogP contribution in [0.4, 0.5) is 0 Å². The zero-order valence-electron chi connectivity index (χ0n) is 10.1. The fourth-order valence-corrected chi connectivity index (χ4v) is 2.55. The molecule has 1 fully saturated rings. The average molecular weight is 265 g/mol.